The van der Waals surface area contributed by atoms with Crippen LogP contribution >= 0.6 is 0 Å². The molecular weight excluding hydrogens is 528 g/mol. The molecule has 0 atom stereocenters. The van der Waals surface area contributed by atoms with Crippen LogP contribution in [0, 0.1) is 0 Å². The Bertz CT molecular complexity index is 1630. The summed E-state index contributed by atoms with van der Waals surface area (Å²) in [5.41, 5.74) is 10.2. The highest BCUT2D eigenvalue weighted by molar-refractivity contribution is 6.10. The molecule has 0 unspecified atom stereocenters. The zero-order valence-electron chi connectivity index (χ0n) is 25.5. The van der Waals surface area contributed by atoms with Crippen molar-refractivity contribution in [1.82, 2.24) is 0 Å². The molecule has 43 heavy (non-hydrogen) atoms. The van der Waals surface area contributed by atoms with Crippen molar-refractivity contribution in [1.29, 1.82) is 0 Å². The van der Waals surface area contributed by atoms with Crippen LogP contribution in [0.1, 0.15) is 45.1 Å². The van der Waals surface area contributed by atoms with Gasteiger partial charge in [-0.05, 0) is 88.9 Å². The molecule has 0 aromatic heterocycles. The monoisotopic (exact) mass is 566 g/mol. The summed E-state index contributed by atoms with van der Waals surface area (Å²) in [6.45, 7) is 2.54. The van der Waals surface area contributed by atoms with Gasteiger partial charge in [-0.25, -0.2) is 0 Å². The van der Waals surface area contributed by atoms with Gasteiger partial charge in [0.25, 0.3) is 0 Å². The van der Waals surface area contributed by atoms with Crippen molar-refractivity contribution in [2.24, 2.45) is 0 Å². The summed E-state index contributed by atoms with van der Waals surface area (Å²) in [7, 11) is 8.21. The smallest absolute Gasteiger partial charge is 0.193 e. The van der Waals surface area contributed by atoms with Crippen molar-refractivity contribution in [2.75, 3.05) is 44.6 Å². The van der Waals surface area contributed by atoms with Crippen LogP contribution in [-0.4, -0.2) is 40.6 Å². The van der Waals surface area contributed by atoms with Gasteiger partial charge in [-0.15, -0.1) is 0 Å². The minimum absolute atomic E-state index is 0.0152. The van der Waals surface area contributed by atoms with Crippen LogP contribution in [0.5, 0.6) is 5.75 Å². The molecule has 0 amide bonds. The Hall–Kier alpha value is -5.09. The van der Waals surface area contributed by atoms with Crippen LogP contribution < -0.4 is 14.5 Å². The molecule has 0 heterocycles. The van der Waals surface area contributed by atoms with Crippen molar-refractivity contribution in [3.63, 3.8) is 0 Å². The molecule has 5 aromatic rings. The predicted molar refractivity (Wildman–Crippen MR) is 180 cm³/mol. The molecule has 5 rings (SSSR count). The predicted octanol–water partition coefficient (Wildman–Crippen LogP) is 8.46. The van der Waals surface area contributed by atoms with E-state index in [1.165, 1.54) is 0 Å². The highest BCUT2D eigenvalue weighted by Gasteiger charge is 2.18. The Morgan fingerprint density at radius 1 is 0.488 bits per heavy atom. The van der Waals surface area contributed by atoms with Crippen molar-refractivity contribution >= 4 is 28.3 Å². The number of hydrogen-bond acceptors (Lipinski definition) is 4. The topological polar surface area (TPSA) is 32.8 Å². The molecule has 4 heteroatoms. The maximum absolute atomic E-state index is 13.4. The quantitative estimate of drug-likeness (QED) is 0.125. The second-order valence-corrected chi connectivity index (χ2v) is 10.9. The van der Waals surface area contributed by atoms with E-state index in [1.807, 2.05) is 49.4 Å². The molecule has 0 bridgehead atoms. The zero-order valence-corrected chi connectivity index (χ0v) is 25.5. The Morgan fingerprint density at radius 2 is 0.837 bits per heavy atom. The third-order valence-electron chi connectivity index (χ3n) is 7.52. The summed E-state index contributed by atoms with van der Waals surface area (Å²) < 4.78 is 5.54. The average molecular weight is 567 g/mol. The molecule has 4 nitrogen and oxygen atoms in total. The second kappa shape index (κ2) is 13.3. The van der Waals surface area contributed by atoms with Gasteiger partial charge in [0.15, 0.2) is 5.78 Å². The fourth-order valence-electron chi connectivity index (χ4n) is 5.19. The summed E-state index contributed by atoms with van der Waals surface area (Å²) in [6, 6.07) is 43.2. The van der Waals surface area contributed by atoms with Crippen molar-refractivity contribution in [2.45, 2.75) is 6.92 Å². The van der Waals surface area contributed by atoms with Crippen LogP contribution in [0.25, 0.3) is 11.1 Å². The zero-order chi connectivity index (χ0) is 30.3. The number of benzene rings is 5. The maximum Gasteiger partial charge on any atom is 0.193 e. The summed E-state index contributed by atoms with van der Waals surface area (Å²) in [4.78, 5) is 17.6. The van der Waals surface area contributed by atoms with Crippen molar-refractivity contribution in [3.8, 4) is 5.75 Å². The number of anilines is 2. The lowest BCUT2D eigenvalue weighted by atomic mass is 9.85. The lowest BCUT2D eigenvalue weighted by Crippen LogP contribution is -2.09. The molecule has 0 aliphatic heterocycles. The van der Waals surface area contributed by atoms with Crippen LogP contribution in [-0.2, 0) is 0 Å². The van der Waals surface area contributed by atoms with Crippen molar-refractivity contribution in [3.05, 3.63) is 161 Å². The fraction of sp³-hybridized carbons (Fsp3) is 0.154. The van der Waals surface area contributed by atoms with Gasteiger partial charge in [0.1, 0.15) is 5.75 Å². The number of nitrogens with zero attached hydrogens (tertiary/aromatic N) is 2. The Balaban J connectivity index is 1.65. The summed E-state index contributed by atoms with van der Waals surface area (Å²) >= 11 is 0. The van der Waals surface area contributed by atoms with Crippen LogP contribution in [0.4, 0.5) is 11.4 Å². The van der Waals surface area contributed by atoms with E-state index >= 15 is 0 Å². The van der Waals surface area contributed by atoms with E-state index in [-0.39, 0.29) is 5.78 Å². The Labute approximate surface area is 255 Å². The number of ketones is 1. The molecule has 0 aliphatic rings. The number of carbonyl (C=O) groups excluding carboxylic acids is 1. The number of hydrogen-bond donors (Lipinski definition) is 0. The molecule has 216 valence electrons. The maximum atomic E-state index is 13.4. The first-order valence-corrected chi connectivity index (χ1v) is 14.6. The lowest BCUT2D eigenvalue weighted by Gasteiger charge is -2.20. The summed E-state index contributed by atoms with van der Waals surface area (Å²) in [5, 5.41) is 0. The van der Waals surface area contributed by atoms with E-state index in [0.717, 1.165) is 50.5 Å². The first-order valence-electron chi connectivity index (χ1n) is 14.6. The van der Waals surface area contributed by atoms with E-state index < -0.39 is 0 Å². The SMILES string of the molecule is CCOc1ccc(C(=O)c2ccc(C(=C(c3ccc(N(C)C)cc3)c3ccc(N(C)C)cc3)c3ccccc3)cc2)cc1. The highest BCUT2D eigenvalue weighted by Crippen LogP contribution is 2.38. The Morgan fingerprint density at radius 3 is 1.23 bits per heavy atom. The van der Waals surface area contributed by atoms with Crippen LogP contribution in [0.2, 0.25) is 0 Å². The standard InChI is InChI=1S/C39H38N2O2/c1-6-43-36-26-20-33(21-27-36)39(42)32-14-12-29(13-15-32)37(28-10-8-7-9-11-28)38(30-16-22-34(23-17-30)40(2)3)31-18-24-35(25-19-31)41(4)5/h7-27H,6H2,1-5H3. The van der Waals surface area contributed by atoms with E-state index in [4.69, 9.17) is 4.74 Å². The van der Waals surface area contributed by atoms with E-state index in [2.05, 4.69) is 123 Å². The lowest BCUT2D eigenvalue weighted by molar-refractivity contribution is 0.103. The van der Waals surface area contributed by atoms with Crippen LogP contribution in [0.15, 0.2) is 127 Å². The number of ether oxygens (including phenoxy) is 1. The first-order chi connectivity index (χ1) is 20.9. The molecular formula is C39H38N2O2. The fourth-order valence-corrected chi connectivity index (χ4v) is 5.19. The van der Waals surface area contributed by atoms with Gasteiger partial charge in [-0.3, -0.25) is 4.79 Å². The third-order valence-corrected chi connectivity index (χ3v) is 7.52. The van der Waals surface area contributed by atoms with Gasteiger partial charge in [0, 0.05) is 50.7 Å². The van der Waals surface area contributed by atoms with Crippen LogP contribution in [0.3, 0.4) is 0 Å². The van der Waals surface area contributed by atoms with Crippen molar-refractivity contribution < 1.29 is 9.53 Å². The van der Waals surface area contributed by atoms with Gasteiger partial charge in [-0.1, -0.05) is 78.9 Å². The molecule has 0 saturated heterocycles. The van der Waals surface area contributed by atoms with Gasteiger partial charge in [-0.2, -0.15) is 0 Å². The molecule has 0 saturated carbocycles. The third kappa shape index (κ3) is 6.70. The number of rotatable bonds is 10. The molecule has 0 fully saturated rings. The van der Waals surface area contributed by atoms with Gasteiger partial charge < -0.3 is 14.5 Å². The minimum Gasteiger partial charge on any atom is -0.494 e. The van der Waals surface area contributed by atoms with Gasteiger partial charge in [0.05, 0.1) is 6.61 Å². The van der Waals surface area contributed by atoms with E-state index in [1.54, 1.807) is 0 Å². The Kier molecular flexibility index (Phi) is 9.07. The second-order valence-electron chi connectivity index (χ2n) is 10.9. The molecule has 5 aromatic carbocycles. The molecule has 0 spiro atoms. The average Bonchev–Trinajstić information content (AvgIpc) is 3.04. The molecule has 0 radical (unpaired) electrons. The summed E-state index contributed by atoms with van der Waals surface area (Å²) in [5.74, 6) is 0.746. The minimum atomic E-state index is -0.0152. The van der Waals surface area contributed by atoms with E-state index in [0.29, 0.717) is 17.7 Å². The normalized spacial score (nSPS) is 10.6. The van der Waals surface area contributed by atoms with Gasteiger partial charge >= 0.3 is 0 Å². The largest absolute Gasteiger partial charge is 0.494 e. The molecule has 0 N–H and O–H groups in total. The summed E-state index contributed by atoms with van der Waals surface area (Å²) in [6.07, 6.45) is 0. The first kappa shape index (κ1) is 29.4. The van der Waals surface area contributed by atoms with Gasteiger partial charge in [0.2, 0.25) is 0 Å². The number of carbonyl (C=O) groups is 1. The highest BCUT2D eigenvalue weighted by atomic mass is 16.5. The van der Waals surface area contributed by atoms with E-state index in [9.17, 15) is 4.79 Å². The molecule has 0 aliphatic carbocycles.